The van der Waals surface area contributed by atoms with Gasteiger partial charge in [-0.25, -0.2) is 13.1 Å². The zero-order valence-corrected chi connectivity index (χ0v) is 23.9. The molecule has 1 aliphatic heterocycles. The van der Waals surface area contributed by atoms with Crippen LogP contribution in [0.1, 0.15) is 58.8 Å². The van der Waals surface area contributed by atoms with Crippen molar-refractivity contribution in [2.75, 3.05) is 25.0 Å². The molecular weight excluding hydrogens is 577 g/mol. The summed E-state index contributed by atoms with van der Waals surface area (Å²) < 4.78 is 70.0. The van der Waals surface area contributed by atoms with Crippen molar-refractivity contribution in [3.05, 3.63) is 88.2 Å². The number of rotatable bonds is 6. The van der Waals surface area contributed by atoms with Crippen molar-refractivity contribution in [2.24, 2.45) is 0 Å². The lowest BCUT2D eigenvalue weighted by atomic mass is 9.87. The molecule has 1 amide bonds. The van der Waals surface area contributed by atoms with Crippen LogP contribution in [0.15, 0.2) is 65.8 Å². The minimum Gasteiger partial charge on any atom is -0.371 e. The lowest BCUT2D eigenvalue weighted by molar-refractivity contribution is -0.139. The number of aromatic nitrogens is 1. The van der Waals surface area contributed by atoms with E-state index in [4.69, 9.17) is 11.6 Å². The molecule has 1 saturated heterocycles. The average molecular weight is 607 g/mol. The summed E-state index contributed by atoms with van der Waals surface area (Å²) in [4.78, 5) is 20.6. The number of nitrogens with zero attached hydrogens (tertiary/aromatic N) is 3. The molecule has 0 radical (unpaired) electrons. The molecule has 2 heterocycles. The van der Waals surface area contributed by atoms with Crippen LogP contribution in [0.25, 0.3) is 0 Å². The number of alkyl halides is 3. The smallest absolute Gasteiger partial charge is 0.371 e. The van der Waals surface area contributed by atoms with Crippen molar-refractivity contribution in [1.29, 1.82) is 0 Å². The molecule has 2 aliphatic rings. The maximum Gasteiger partial charge on any atom is 0.417 e. The van der Waals surface area contributed by atoms with Gasteiger partial charge in [0, 0.05) is 55.9 Å². The van der Waals surface area contributed by atoms with E-state index in [0.717, 1.165) is 49.3 Å². The van der Waals surface area contributed by atoms with E-state index in [1.165, 1.54) is 0 Å². The molecule has 12 heteroatoms. The Balaban J connectivity index is 1.34. The molecule has 7 nitrogen and oxygen atoms in total. The van der Waals surface area contributed by atoms with E-state index in [-0.39, 0.29) is 11.9 Å². The van der Waals surface area contributed by atoms with E-state index in [2.05, 4.69) is 14.6 Å². The largest absolute Gasteiger partial charge is 0.417 e. The molecule has 1 N–H and O–H groups in total. The number of amides is 1. The number of anilines is 1. The minimum atomic E-state index is -4.90. The Labute approximate surface area is 242 Å². The van der Waals surface area contributed by atoms with Gasteiger partial charge in [-0.05, 0) is 79.6 Å². The number of pyridine rings is 1. The lowest BCUT2D eigenvalue weighted by Gasteiger charge is -2.38. The molecule has 0 spiro atoms. The predicted molar refractivity (Wildman–Crippen MR) is 150 cm³/mol. The molecule has 5 rings (SSSR count). The average Bonchev–Trinajstić information content (AvgIpc) is 2.96. The Morgan fingerprint density at radius 3 is 2.46 bits per heavy atom. The summed E-state index contributed by atoms with van der Waals surface area (Å²) in [6.07, 6.45) is 1.86. The number of piperidine rings is 1. The third kappa shape index (κ3) is 6.22. The summed E-state index contributed by atoms with van der Waals surface area (Å²) in [5.41, 5.74) is 1.61. The van der Waals surface area contributed by atoms with Crippen LogP contribution >= 0.6 is 11.6 Å². The van der Waals surface area contributed by atoms with Crippen molar-refractivity contribution < 1.29 is 26.4 Å². The Morgan fingerprint density at radius 2 is 1.78 bits per heavy atom. The first kappa shape index (κ1) is 29.3. The molecule has 1 unspecified atom stereocenters. The molecule has 218 valence electrons. The molecule has 1 aliphatic carbocycles. The number of hydrogen-bond acceptors (Lipinski definition) is 5. The maximum absolute atomic E-state index is 13.7. The number of carbonyl (C=O) groups excluding carboxylic acids is 1. The first-order chi connectivity index (χ1) is 19.5. The number of carbonyl (C=O) groups is 1. The van der Waals surface area contributed by atoms with Gasteiger partial charge in [-0.3, -0.25) is 9.78 Å². The van der Waals surface area contributed by atoms with Crippen LogP contribution in [0.5, 0.6) is 0 Å². The second kappa shape index (κ2) is 11.6. The van der Waals surface area contributed by atoms with Crippen molar-refractivity contribution >= 4 is 33.2 Å². The van der Waals surface area contributed by atoms with E-state index in [0.29, 0.717) is 36.5 Å². The summed E-state index contributed by atoms with van der Waals surface area (Å²) in [5, 5.41) is -0.510. The highest BCUT2D eigenvalue weighted by molar-refractivity contribution is 7.89. The highest BCUT2D eigenvalue weighted by Gasteiger charge is 2.39. The standard InChI is InChI=1S/C29H30ClF3N4O3S/c1-36(21-12-16-37(17-13-21)22-10-14-34-15-11-22)28(38)20-9-8-19-4-2-7-26(23(19)18-20)35-41(39,40)27-24(29(31,32)33)5-3-6-25(27)30/h3,5-6,8-11,14-15,18,21,26,35H,2,4,7,12-13,16-17H2,1H3. The van der Waals surface area contributed by atoms with Gasteiger partial charge >= 0.3 is 6.18 Å². The summed E-state index contributed by atoms with van der Waals surface area (Å²) in [6.45, 7) is 1.59. The molecule has 41 heavy (non-hydrogen) atoms. The van der Waals surface area contributed by atoms with Gasteiger partial charge in [-0.1, -0.05) is 23.7 Å². The highest BCUT2D eigenvalue weighted by Crippen LogP contribution is 2.39. The lowest BCUT2D eigenvalue weighted by Crippen LogP contribution is -2.45. The molecule has 0 saturated carbocycles. The molecule has 1 aromatic heterocycles. The Bertz CT molecular complexity index is 1530. The topological polar surface area (TPSA) is 82.6 Å². The monoisotopic (exact) mass is 606 g/mol. The van der Waals surface area contributed by atoms with E-state index < -0.39 is 37.7 Å². The molecule has 1 fully saturated rings. The summed E-state index contributed by atoms with van der Waals surface area (Å²) >= 11 is 5.98. The van der Waals surface area contributed by atoms with Gasteiger partial charge in [0.15, 0.2) is 0 Å². The summed E-state index contributed by atoms with van der Waals surface area (Å²) in [5.74, 6) is -0.187. The second-order valence-corrected chi connectivity index (χ2v) is 12.5. The molecular formula is C29H30ClF3N4O3S. The molecule has 0 bridgehead atoms. The van der Waals surface area contributed by atoms with Crippen LogP contribution in [0.2, 0.25) is 5.02 Å². The second-order valence-electron chi connectivity index (χ2n) is 10.4. The van der Waals surface area contributed by atoms with Gasteiger partial charge in [0.2, 0.25) is 10.0 Å². The number of nitrogens with one attached hydrogen (secondary N) is 1. The summed E-state index contributed by atoms with van der Waals surface area (Å²) in [7, 11) is -2.88. The quantitative estimate of drug-likeness (QED) is 0.381. The van der Waals surface area contributed by atoms with Crippen molar-refractivity contribution in [3.8, 4) is 0 Å². The Kier molecular flexibility index (Phi) is 8.31. The van der Waals surface area contributed by atoms with Crippen LogP contribution < -0.4 is 9.62 Å². The molecule has 2 aromatic carbocycles. The van der Waals surface area contributed by atoms with Gasteiger partial charge in [-0.15, -0.1) is 0 Å². The van der Waals surface area contributed by atoms with E-state index in [9.17, 15) is 26.4 Å². The minimum absolute atomic E-state index is 0.0342. The number of hydrogen-bond donors (Lipinski definition) is 1. The SMILES string of the molecule is CN(C(=O)c1ccc2c(c1)C(NS(=O)(=O)c1c(Cl)cccc1C(F)(F)F)CCC2)C1CCN(c2ccncc2)CC1. The van der Waals surface area contributed by atoms with Crippen molar-refractivity contribution in [2.45, 2.75) is 55.3 Å². The first-order valence-corrected chi connectivity index (χ1v) is 15.2. The van der Waals surface area contributed by atoms with Gasteiger partial charge in [-0.2, -0.15) is 13.2 Å². The fourth-order valence-corrected chi connectivity index (χ4v) is 7.76. The Hall–Kier alpha value is -3.15. The van der Waals surface area contributed by atoms with Crippen LogP contribution in [-0.4, -0.2) is 50.4 Å². The van der Waals surface area contributed by atoms with Crippen molar-refractivity contribution in [1.82, 2.24) is 14.6 Å². The number of aryl methyl sites for hydroxylation is 1. The molecule has 1 atom stereocenters. The van der Waals surface area contributed by atoms with Gasteiger partial charge in [0.1, 0.15) is 4.90 Å². The zero-order valence-electron chi connectivity index (χ0n) is 22.4. The van der Waals surface area contributed by atoms with Gasteiger partial charge in [0.05, 0.1) is 10.6 Å². The van der Waals surface area contributed by atoms with Crippen LogP contribution in [0.3, 0.4) is 0 Å². The van der Waals surface area contributed by atoms with E-state index in [1.54, 1.807) is 42.5 Å². The number of benzene rings is 2. The van der Waals surface area contributed by atoms with Gasteiger partial charge in [0.25, 0.3) is 5.91 Å². The fourth-order valence-electron chi connectivity index (χ4n) is 5.74. The van der Waals surface area contributed by atoms with Crippen LogP contribution in [0.4, 0.5) is 18.9 Å². The van der Waals surface area contributed by atoms with E-state index in [1.807, 2.05) is 12.1 Å². The maximum atomic E-state index is 13.7. The van der Waals surface area contributed by atoms with Crippen molar-refractivity contribution in [3.63, 3.8) is 0 Å². The Morgan fingerprint density at radius 1 is 1.07 bits per heavy atom. The number of halogens is 4. The number of fused-ring (bicyclic) bond motifs is 1. The van der Waals surface area contributed by atoms with Crippen LogP contribution in [0, 0.1) is 0 Å². The first-order valence-electron chi connectivity index (χ1n) is 13.4. The third-order valence-corrected chi connectivity index (χ3v) is 9.91. The third-order valence-electron chi connectivity index (χ3n) is 7.91. The molecule has 3 aromatic rings. The van der Waals surface area contributed by atoms with Crippen LogP contribution in [-0.2, 0) is 22.6 Å². The fraction of sp³-hybridized carbons (Fsp3) is 0.379. The zero-order chi connectivity index (χ0) is 29.4. The highest BCUT2D eigenvalue weighted by atomic mass is 35.5. The van der Waals surface area contributed by atoms with Gasteiger partial charge < -0.3 is 9.80 Å². The predicted octanol–water partition coefficient (Wildman–Crippen LogP) is 5.85. The number of sulfonamides is 1. The van der Waals surface area contributed by atoms with E-state index >= 15 is 0 Å². The normalized spacial score (nSPS) is 18.2. The summed E-state index contributed by atoms with van der Waals surface area (Å²) in [6, 6.07) is 11.2.